The molecule has 0 atom stereocenters. The lowest BCUT2D eigenvalue weighted by molar-refractivity contribution is -0.143. The predicted octanol–water partition coefficient (Wildman–Crippen LogP) is 0.0589. The molecule has 1 aliphatic heterocycles. The van der Waals surface area contributed by atoms with Crippen LogP contribution < -0.4 is 5.32 Å². The van der Waals surface area contributed by atoms with E-state index in [1.165, 1.54) is 0 Å². The van der Waals surface area contributed by atoms with Crippen molar-refractivity contribution >= 4 is 5.91 Å². The molecule has 1 amide bonds. The van der Waals surface area contributed by atoms with Gasteiger partial charge in [-0.15, -0.1) is 0 Å². The minimum Gasteiger partial charge on any atom is -0.383 e. The smallest absolute Gasteiger partial charge is 0.242 e. The van der Waals surface area contributed by atoms with Gasteiger partial charge in [-0.25, -0.2) is 0 Å². The van der Waals surface area contributed by atoms with Gasteiger partial charge >= 0.3 is 0 Å². The van der Waals surface area contributed by atoms with Gasteiger partial charge in [0.25, 0.3) is 0 Å². The molecule has 0 aliphatic carbocycles. The molecule has 6 nitrogen and oxygen atoms in total. The summed E-state index contributed by atoms with van der Waals surface area (Å²) in [5.74, 6) is 0.0756. The summed E-state index contributed by atoms with van der Waals surface area (Å²) in [4.78, 5) is 16.7. The van der Waals surface area contributed by atoms with Gasteiger partial charge < -0.3 is 15.0 Å². The van der Waals surface area contributed by atoms with Crippen LogP contribution in [0.4, 0.5) is 0 Å². The number of nitriles is 1. The van der Waals surface area contributed by atoms with Gasteiger partial charge in [0.15, 0.2) is 0 Å². The molecule has 1 rings (SSSR count). The number of carbonyl (C=O) groups excluding carboxylic acids is 1. The van der Waals surface area contributed by atoms with E-state index in [0.717, 1.165) is 26.2 Å². The lowest BCUT2D eigenvalue weighted by Gasteiger charge is -2.42. The Balaban J connectivity index is 2.71. The predicted molar refractivity (Wildman–Crippen MR) is 77.2 cm³/mol. The summed E-state index contributed by atoms with van der Waals surface area (Å²) in [5.41, 5.74) is -0.536. The maximum Gasteiger partial charge on any atom is 0.242 e. The number of rotatable bonds is 7. The van der Waals surface area contributed by atoms with Crippen molar-refractivity contribution in [1.82, 2.24) is 15.1 Å². The van der Waals surface area contributed by atoms with Crippen molar-refractivity contribution in [2.45, 2.75) is 25.8 Å². The van der Waals surface area contributed by atoms with Crippen LogP contribution in [0.2, 0.25) is 0 Å². The number of hydrogen-bond donors (Lipinski definition) is 1. The van der Waals surface area contributed by atoms with Crippen LogP contribution in [0, 0.1) is 11.3 Å². The zero-order chi connectivity index (χ0) is 15.0. The first-order valence-electron chi connectivity index (χ1n) is 7.15. The molecule has 1 fully saturated rings. The molecule has 0 aromatic rings. The molecule has 6 heteroatoms. The van der Waals surface area contributed by atoms with Gasteiger partial charge in [0.05, 0.1) is 24.6 Å². The summed E-state index contributed by atoms with van der Waals surface area (Å²) in [7, 11) is 1.62. The quantitative estimate of drug-likeness (QED) is 0.715. The Morgan fingerprint density at radius 2 is 2.05 bits per heavy atom. The molecule has 1 N–H and O–H groups in total. The highest BCUT2D eigenvalue weighted by atomic mass is 16.5. The van der Waals surface area contributed by atoms with Gasteiger partial charge in [0, 0.05) is 46.4 Å². The van der Waals surface area contributed by atoms with E-state index in [9.17, 15) is 4.79 Å². The molecule has 0 radical (unpaired) electrons. The average Bonchev–Trinajstić information content (AvgIpc) is 2.47. The van der Waals surface area contributed by atoms with Crippen LogP contribution in [-0.4, -0.2) is 74.2 Å². The first-order valence-corrected chi connectivity index (χ1v) is 7.15. The number of hydrogen-bond acceptors (Lipinski definition) is 5. The standard InChI is InChI=1S/C14H26N4O2/c1-14(2,18-9-6-16-7-10-18)13(19)17(8-4-5-15)11-12-20-3/h16H,4,6-12H2,1-3H3. The van der Waals surface area contributed by atoms with E-state index in [-0.39, 0.29) is 5.91 Å². The van der Waals surface area contributed by atoms with E-state index in [1.807, 2.05) is 13.8 Å². The molecule has 1 saturated heterocycles. The Morgan fingerprint density at radius 1 is 1.40 bits per heavy atom. The van der Waals surface area contributed by atoms with Crippen molar-refractivity contribution < 1.29 is 9.53 Å². The number of carbonyl (C=O) groups is 1. The third-order valence-electron chi connectivity index (χ3n) is 3.78. The summed E-state index contributed by atoms with van der Waals surface area (Å²) >= 11 is 0. The SMILES string of the molecule is COCCN(CCC#N)C(=O)C(C)(C)N1CCNCC1. The molecule has 0 unspecified atom stereocenters. The molecule has 0 aromatic heterocycles. The van der Waals surface area contributed by atoms with Crippen LogP contribution in [0.15, 0.2) is 0 Å². The summed E-state index contributed by atoms with van der Waals surface area (Å²) in [6, 6.07) is 2.10. The molecule has 1 heterocycles. The van der Waals surface area contributed by atoms with E-state index in [2.05, 4.69) is 16.3 Å². The topological polar surface area (TPSA) is 68.6 Å². The Kier molecular flexibility index (Phi) is 6.93. The highest BCUT2D eigenvalue weighted by Gasteiger charge is 2.37. The number of methoxy groups -OCH3 is 1. The first kappa shape index (κ1) is 16.9. The van der Waals surface area contributed by atoms with Gasteiger partial charge in [-0.1, -0.05) is 0 Å². The molecule has 0 bridgehead atoms. The van der Waals surface area contributed by atoms with E-state index in [4.69, 9.17) is 10.00 Å². The summed E-state index contributed by atoms with van der Waals surface area (Å²) < 4.78 is 5.06. The van der Waals surface area contributed by atoms with Crippen LogP contribution in [0.1, 0.15) is 20.3 Å². The van der Waals surface area contributed by atoms with E-state index < -0.39 is 5.54 Å². The molecule has 114 valence electrons. The van der Waals surface area contributed by atoms with Crippen molar-refractivity contribution in [3.63, 3.8) is 0 Å². The highest BCUT2D eigenvalue weighted by molar-refractivity contribution is 5.85. The normalized spacial score (nSPS) is 16.7. The average molecular weight is 282 g/mol. The van der Waals surface area contributed by atoms with Crippen molar-refractivity contribution in [2.24, 2.45) is 0 Å². The van der Waals surface area contributed by atoms with E-state index >= 15 is 0 Å². The fourth-order valence-electron chi connectivity index (χ4n) is 2.45. The Labute approximate surface area is 121 Å². The van der Waals surface area contributed by atoms with E-state index in [0.29, 0.717) is 26.1 Å². The second kappa shape index (κ2) is 8.20. The monoisotopic (exact) mass is 282 g/mol. The fraction of sp³-hybridized carbons (Fsp3) is 0.857. The Hall–Kier alpha value is -1.16. The second-order valence-electron chi connectivity index (χ2n) is 5.49. The lowest BCUT2D eigenvalue weighted by Crippen LogP contribution is -2.61. The minimum absolute atomic E-state index is 0.0756. The molecular formula is C14H26N4O2. The number of nitrogens with one attached hydrogen (secondary N) is 1. The molecule has 0 saturated carbocycles. The number of amides is 1. The zero-order valence-electron chi connectivity index (χ0n) is 12.8. The van der Waals surface area contributed by atoms with E-state index in [1.54, 1.807) is 12.0 Å². The largest absolute Gasteiger partial charge is 0.383 e. The van der Waals surface area contributed by atoms with Crippen LogP contribution >= 0.6 is 0 Å². The van der Waals surface area contributed by atoms with Gasteiger partial charge in [-0.3, -0.25) is 9.69 Å². The molecule has 0 aromatic carbocycles. The van der Waals surface area contributed by atoms with Crippen molar-refractivity contribution in [1.29, 1.82) is 5.26 Å². The van der Waals surface area contributed by atoms with Crippen LogP contribution in [-0.2, 0) is 9.53 Å². The third-order valence-corrected chi connectivity index (χ3v) is 3.78. The van der Waals surface area contributed by atoms with Gasteiger partial charge in [0.1, 0.15) is 0 Å². The number of ether oxygens (including phenoxy) is 1. The summed E-state index contributed by atoms with van der Waals surface area (Å²) in [6.07, 6.45) is 0.354. The maximum atomic E-state index is 12.8. The van der Waals surface area contributed by atoms with Crippen molar-refractivity contribution in [2.75, 3.05) is 53.0 Å². The second-order valence-corrected chi connectivity index (χ2v) is 5.49. The molecule has 1 aliphatic rings. The fourth-order valence-corrected chi connectivity index (χ4v) is 2.45. The molecule has 0 spiro atoms. The van der Waals surface area contributed by atoms with Crippen LogP contribution in [0.3, 0.4) is 0 Å². The first-order chi connectivity index (χ1) is 9.54. The molecule has 20 heavy (non-hydrogen) atoms. The Bertz CT molecular complexity index is 346. The van der Waals surface area contributed by atoms with Gasteiger partial charge in [-0.2, -0.15) is 5.26 Å². The summed E-state index contributed by atoms with van der Waals surface area (Å²) in [5, 5.41) is 12.0. The van der Waals surface area contributed by atoms with Gasteiger partial charge in [0.2, 0.25) is 5.91 Å². The van der Waals surface area contributed by atoms with Crippen molar-refractivity contribution in [3.8, 4) is 6.07 Å². The molecular weight excluding hydrogens is 256 g/mol. The highest BCUT2D eigenvalue weighted by Crippen LogP contribution is 2.18. The Morgan fingerprint density at radius 3 is 2.60 bits per heavy atom. The lowest BCUT2D eigenvalue weighted by atomic mass is 9.99. The van der Waals surface area contributed by atoms with Crippen molar-refractivity contribution in [3.05, 3.63) is 0 Å². The summed E-state index contributed by atoms with van der Waals surface area (Å²) in [6.45, 7) is 8.99. The number of piperazine rings is 1. The number of nitrogens with zero attached hydrogens (tertiary/aromatic N) is 3. The zero-order valence-corrected chi connectivity index (χ0v) is 12.8. The third kappa shape index (κ3) is 4.44. The van der Waals surface area contributed by atoms with Gasteiger partial charge in [-0.05, 0) is 13.8 Å². The maximum absolute atomic E-state index is 12.8. The van der Waals surface area contributed by atoms with Crippen LogP contribution in [0.25, 0.3) is 0 Å². The van der Waals surface area contributed by atoms with Crippen LogP contribution in [0.5, 0.6) is 0 Å². The minimum atomic E-state index is -0.536.